The van der Waals surface area contributed by atoms with E-state index in [0.29, 0.717) is 19.4 Å². The summed E-state index contributed by atoms with van der Waals surface area (Å²) in [6.07, 6.45) is 1.04. The zero-order valence-corrected chi connectivity index (χ0v) is 12.6. The van der Waals surface area contributed by atoms with Crippen molar-refractivity contribution < 1.29 is 9.18 Å². The average Bonchev–Trinajstić information content (AvgIpc) is 2.36. The van der Waals surface area contributed by atoms with Crippen LogP contribution in [0.15, 0.2) is 24.3 Å². The van der Waals surface area contributed by atoms with Crippen molar-refractivity contribution in [3.63, 3.8) is 0 Å². The fourth-order valence-corrected chi connectivity index (χ4v) is 2.15. The second kappa shape index (κ2) is 8.12. The minimum Gasteiger partial charge on any atom is -0.319 e. The molecule has 0 unspecified atom stereocenters. The van der Waals surface area contributed by atoms with Gasteiger partial charge in [-0.3, -0.25) is 4.79 Å². The third-order valence-electron chi connectivity index (χ3n) is 3.16. The second-order valence-electron chi connectivity index (χ2n) is 5.97. The Kier molecular flexibility index (Phi) is 6.82. The van der Waals surface area contributed by atoms with Gasteiger partial charge in [0.25, 0.3) is 0 Å². The molecule has 0 heterocycles. The second-order valence-corrected chi connectivity index (χ2v) is 5.97. The predicted molar refractivity (Wildman–Crippen MR) is 80.3 cm³/mol. The summed E-state index contributed by atoms with van der Waals surface area (Å²) in [6.45, 7) is 6.36. The highest BCUT2D eigenvalue weighted by Gasteiger charge is 2.16. The lowest BCUT2D eigenvalue weighted by atomic mass is 9.93. The van der Waals surface area contributed by atoms with Gasteiger partial charge in [0.15, 0.2) is 0 Å². The maximum absolute atomic E-state index is 13.0. The van der Waals surface area contributed by atoms with Gasteiger partial charge in [-0.15, -0.1) is 0 Å². The van der Waals surface area contributed by atoms with Crippen LogP contribution in [-0.2, 0) is 11.2 Å². The molecule has 0 aromatic heterocycles. The largest absolute Gasteiger partial charge is 0.319 e. The highest BCUT2D eigenvalue weighted by Crippen LogP contribution is 2.11. The normalized spacial score (nSPS) is 11.6. The minimum absolute atomic E-state index is 0.123. The highest BCUT2D eigenvalue weighted by molar-refractivity contribution is 5.80. The number of aryl methyl sites for hydroxylation is 1. The molecule has 0 radical (unpaired) electrons. The number of nitrogens with one attached hydrogen (secondary N) is 2. The van der Waals surface area contributed by atoms with E-state index in [1.165, 1.54) is 12.1 Å². The quantitative estimate of drug-likeness (QED) is 0.728. The van der Waals surface area contributed by atoms with Crippen molar-refractivity contribution in [2.24, 2.45) is 5.41 Å². The smallest absolute Gasteiger partial charge is 0.146 e. The van der Waals surface area contributed by atoms with Gasteiger partial charge >= 0.3 is 0 Å². The number of hydrogen-bond donors (Lipinski definition) is 2. The van der Waals surface area contributed by atoms with Crippen molar-refractivity contribution in [1.82, 2.24) is 10.6 Å². The molecule has 1 aromatic rings. The summed E-state index contributed by atoms with van der Waals surface area (Å²) in [4.78, 5) is 11.8. The first kappa shape index (κ1) is 16.8. The number of carbonyl (C=O) groups excluding carboxylic acids is 1. The first-order valence-electron chi connectivity index (χ1n) is 7.04. The number of rotatable bonds is 9. The lowest BCUT2D eigenvalue weighted by molar-refractivity contribution is -0.118. The Morgan fingerprint density at radius 3 is 2.70 bits per heavy atom. The fraction of sp³-hybridized carbons (Fsp3) is 0.562. The van der Waals surface area contributed by atoms with Crippen molar-refractivity contribution in [1.29, 1.82) is 0 Å². The molecule has 3 nitrogen and oxygen atoms in total. The molecule has 0 spiro atoms. The number of carbonyl (C=O) groups is 1. The monoisotopic (exact) mass is 280 g/mol. The van der Waals surface area contributed by atoms with Gasteiger partial charge in [-0.05, 0) is 36.6 Å². The number of benzene rings is 1. The summed E-state index contributed by atoms with van der Waals surface area (Å²) in [7, 11) is 1.92. The Bertz CT molecular complexity index is 432. The molecule has 1 aromatic carbocycles. The van der Waals surface area contributed by atoms with Crippen molar-refractivity contribution in [3.8, 4) is 0 Å². The molecule has 1 rings (SSSR count). The molecule has 2 N–H and O–H groups in total. The SMILES string of the molecule is CNCC(C)(C)CNCC(=O)CCc1cccc(F)c1. The van der Waals surface area contributed by atoms with Gasteiger partial charge in [-0.2, -0.15) is 0 Å². The van der Waals surface area contributed by atoms with E-state index in [-0.39, 0.29) is 17.0 Å². The summed E-state index contributed by atoms with van der Waals surface area (Å²) in [6, 6.07) is 6.42. The predicted octanol–water partition coefficient (Wildman–Crippen LogP) is 2.16. The summed E-state index contributed by atoms with van der Waals surface area (Å²) >= 11 is 0. The summed E-state index contributed by atoms with van der Waals surface area (Å²) in [5.74, 6) is -0.0867. The van der Waals surface area contributed by atoms with Gasteiger partial charge in [0, 0.05) is 19.5 Å². The molecular weight excluding hydrogens is 255 g/mol. The zero-order valence-electron chi connectivity index (χ0n) is 12.6. The van der Waals surface area contributed by atoms with Gasteiger partial charge < -0.3 is 10.6 Å². The van der Waals surface area contributed by atoms with E-state index in [2.05, 4.69) is 24.5 Å². The standard InChI is InChI=1S/C16H25FN2O/c1-16(2,11-18-3)12-19-10-15(20)8-7-13-5-4-6-14(17)9-13/h4-6,9,18-19H,7-8,10-12H2,1-3H3. The first-order valence-corrected chi connectivity index (χ1v) is 7.04. The van der Waals surface area contributed by atoms with Crippen LogP contribution < -0.4 is 10.6 Å². The molecule has 0 aliphatic carbocycles. The molecular formula is C16H25FN2O. The molecule has 0 saturated carbocycles. The Labute approximate surface area is 121 Å². The van der Waals surface area contributed by atoms with Crippen LogP contribution in [0.4, 0.5) is 4.39 Å². The molecule has 0 aliphatic rings. The number of ketones is 1. The van der Waals surface area contributed by atoms with E-state index in [1.54, 1.807) is 6.07 Å². The third kappa shape index (κ3) is 6.78. The van der Waals surface area contributed by atoms with Gasteiger partial charge in [0.2, 0.25) is 0 Å². The Morgan fingerprint density at radius 1 is 1.30 bits per heavy atom. The van der Waals surface area contributed by atoms with E-state index in [9.17, 15) is 9.18 Å². The van der Waals surface area contributed by atoms with Gasteiger partial charge in [-0.1, -0.05) is 26.0 Å². The average molecular weight is 280 g/mol. The maximum atomic E-state index is 13.0. The lowest BCUT2D eigenvalue weighted by Gasteiger charge is -2.24. The lowest BCUT2D eigenvalue weighted by Crippen LogP contribution is -2.38. The number of hydrogen-bond acceptors (Lipinski definition) is 3. The molecule has 0 bridgehead atoms. The van der Waals surface area contributed by atoms with Crippen LogP contribution in [0.5, 0.6) is 0 Å². The summed E-state index contributed by atoms with van der Waals surface area (Å²) in [5, 5.41) is 6.33. The maximum Gasteiger partial charge on any atom is 0.146 e. The number of Topliss-reactive ketones (excluding diaryl/α,β-unsaturated/α-hetero) is 1. The van der Waals surface area contributed by atoms with Crippen molar-refractivity contribution in [3.05, 3.63) is 35.6 Å². The van der Waals surface area contributed by atoms with E-state index in [0.717, 1.165) is 18.7 Å². The van der Waals surface area contributed by atoms with Crippen LogP contribution in [0.3, 0.4) is 0 Å². The van der Waals surface area contributed by atoms with Gasteiger partial charge in [0.1, 0.15) is 11.6 Å². The fourth-order valence-electron chi connectivity index (χ4n) is 2.15. The van der Waals surface area contributed by atoms with Crippen molar-refractivity contribution in [2.45, 2.75) is 26.7 Å². The van der Waals surface area contributed by atoms with Crippen LogP contribution in [0.25, 0.3) is 0 Å². The molecule has 112 valence electrons. The molecule has 4 heteroatoms. The van der Waals surface area contributed by atoms with Crippen LogP contribution in [0.1, 0.15) is 25.8 Å². The van der Waals surface area contributed by atoms with Crippen LogP contribution in [0.2, 0.25) is 0 Å². The van der Waals surface area contributed by atoms with Crippen LogP contribution >= 0.6 is 0 Å². The van der Waals surface area contributed by atoms with E-state index in [1.807, 2.05) is 13.1 Å². The van der Waals surface area contributed by atoms with Crippen LogP contribution in [0, 0.1) is 11.2 Å². The summed E-state index contributed by atoms with van der Waals surface area (Å²) in [5.41, 5.74) is 0.992. The first-order chi connectivity index (χ1) is 9.43. The molecule has 0 saturated heterocycles. The summed E-state index contributed by atoms with van der Waals surface area (Å²) < 4.78 is 13.0. The topological polar surface area (TPSA) is 41.1 Å². The Hall–Kier alpha value is -1.26. The molecule has 0 atom stereocenters. The zero-order chi connectivity index (χ0) is 15.0. The molecule has 0 fully saturated rings. The Morgan fingerprint density at radius 2 is 2.05 bits per heavy atom. The minimum atomic E-state index is -0.248. The van der Waals surface area contributed by atoms with Crippen molar-refractivity contribution in [2.75, 3.05) is 26.7 Å². The molecule has 0 amide bonds. The van der Waals surface area contributed by atoms with Crippen LogP contribution in [-0.4, -0.2) is 32.5 Å². The van der Waals surface area contributed by atoms with Crippen molar-refractivity contribution >= 4 is 5.78 Å². The molecule has 20 heavy (non-hydrogen) atoms. The number of halogens is 1. The van der Waals surface area contributed by atoms with E-state index >= 15 is 0 Å². The van der Waals surface area contributed by atoms with Gasteiger partial charge in [-0.25, -0.2) is 4.39 Å². The Balaban J connectivity index is 2.24. The highest BCUT2D eigenvalue weighted by atomic mass is 19.1. The van der Waals surface area contributed by atoms with Gasteiger partial charge in [0.05, 0.1) is 6.54 Å². The van der Waals surface area contributed by atoms with E-state index < -0.39 is 0 Å². The van der Waals surface area contributed by atoms with E-state index in [4.69, 9.17) is 0 Å². The molecule has 0 aliphatic heterocycles. The third-order valence-corrected chi connectivity index (χ3v) is 3.16.